The van der Waals surface area contributed by atoms with Crippen LogP contribution in [0.1, 0.15) is 63.0 Å². The molecule has 2 heterocycles. The Morgan fingerprint density at radius 2 is 1.97 bits per heavy atom. The standard InChI is InChI=1S/C27H31N3O5S/c1-17(2)16-35-25-21(14-19(15-28-25)18-6-4-7-18)27(12-13-27)26(31)30-36(32,33)23-9-5-8-22-20(23)10-11-24(29-22)34-3/h5,8-11,14-15,17-18H,4,6-7,12-13,16H2,1-3H3,(H,30,31). The van der Waals surface area contributed by atoms with Gasteiger partial charge in [0.2, 0.25) is 17.7 Å². The highest BCUT2D eigenvalue weighted by atomic mass is 32.2. The maximum absolute atomic E-state index is 13.6. The van der Waals surface area contributed by atoms with E-state index in [1.165, 1.54) is 19.6 Å². The van der Waals surface area contributed by atoms with Crippen molar-refractivity contribution in [3.8, 4) is 11.8 Å². The molecule has 2 saturated carbocycles. The van der Waals surface area contributed by atoms with Crippen molar-refractivity contribution in [1.29, 1.82) is 0 Å². The number of hydrogen-bond acceptors (Lipinski definition) is 7. The monoisotopic (exact) mass is 509 g/mol. The summed E-state index contributed by atoms with van der Waals surface area (Å²) in [6.45, 7) is 4.55. The molecule has 0 radical (unpaired) electrons. The highest BCUT2D eigenvalue weighted by Gasteiger charge is 2.54. The summed E-state index contributed by atoms with van der Waals surface area (Å²) in [5.74, 6) is 0.957. The molecule has 1 amide bonds. The van der Waals surface area contributed by atoms with E-state index in [2.05, 4.69) is 14.7 Å². The van der Waals surface area contributed by atoms with Gasteiger partial charge in [0, 0.05) is 23.2 Å². The van der Waals surface area contributed by atoms with Gasteiger partial charge in [-0.1, -0.05) is 26.3 Å². The van der Waals surface area contributed by atoms with Crippen molar-refractivity contribution in [3.05, 3.63) is 53.7 Å². The third-order valence-electron chi connectivity index (χ3n) is 7.09. The minimum Gasteiger partial charge on any atom is -0.481 e. The molecule has 0 unspecified atom stereocenters. The van der Waals surface area contributed by atoms with Gasteiger partial charge in [0.15, 0.2) is 0 Å². The normalized spacial score (nSPS) is 17.0. The summed E-state index contributed by atoms with van der Waals surface area (Å²) in [5, 5.41) is 0.415. The van der Waals surface area contributed by atoms with E-state index in [0.29, 0.717) is 53.6 Å². The molecule has 1 aromatic carbocycles. The maximum atomic E-state index is 13.6. The van der Waals surface area contributed by atoms with Crippen LogP contribution < -0.4 is 14.2 Å². The Bertz CT molecular complexity index is 1410. The number of ether oxygens (including phenoxy) is 2. The summed E-state index contributed by atoms with van der Waals surface area (Å²) in [7, 11) is -2.66. The Morgan fingerprint density at radius 3 is 2.61 bits per heavy atom. The molecule has 1 N–H and O–H groups in total. The Kier molecular flexibility index (Phi) is 6.36. The lowest BCUT2D eigenvalue weighted by molar-refractivity contribution is -0.121. The molecule has 2 aliphatic rings. The molecule has 2 fully saturated rings. The van der Waals surface area contributed by atoms with Crippen molar-refractivity contribution in [2.24, 2.45) is 5.92 Å². The van der Waals surface area contributed by atoms with Crippen LogP contribution in [-0.4, -0.2) is 38.0 Å². The van der Waals surface area contributed by atoms with Crippen molar-refractivity contribution in [2.45, 2.75) is 62.2 Å². The Morgan fingerprint density at radius 1 is 1.19 bits per heavy atom. The van der Waals surface area contributed by atoms with Crippen molar-refractivity contribution in [3.63, 3.8) is 0 Å². The fraction of sp³-hybridized carbons (Fsp3) is 0.444. The number of rotatable bonds is 9. The van der Waals surface area contributed by atoms with Crippen LogP contribution in [0.25, 0.3) is 10.9 Å². The van der Waals surface area contributed by atoms with E-state index < -0.39 is 21.3 Å². The average Bonchev–Trinajstić information content (AvgIpc) is 3.63. The van der Waals surface area contributed by atoms with E-state index in [1.807, 2.05) is 26.1 Å². The second kappa shape index (κ2) is 9.35. The topological polar surface area (TPSA) is 107 Å². The van der Waals surface area contributed by atoms with Crippen LogP contribution in [-0.2, 0) is 20.2 Å². The number of hydrogen-bond donors (Lipinski definition) is 1. The van der Waals surface area contributed by atoms with Gasteiger partial charge in [0.1, 0.15) is 0 Å². The van der Waals surface area contributed by atoms with Gasteiger partial charge in [-0.2, -0.15) is 0 Å². The molecular weight excluding hydrogens is 478 g/mol. The molecule has 36 heavy (non-hydrogen) atoms. The molecule has 5 rings (SSSR count). The number of sulfonamides is 1. The molecule has 0 aliphatic heterocycles. The van der Waals surface area contributed by atoms with Gasteiger partial charge in [-0.15, -0.1) is 0 Å². The van der Waals surface area contributed by atoms with Gasteiger partial charge in [-0.3, -0.25) is 4.79 Å². The number of pyridine rings is 2. The van der Waals surface area contributed by atoms with Crippen LogP contribution in [0, 0.1) is 5.92 Å². The largest absolute Gasteiger partial charge is 0.481 e. The molecule has 0 saturated heterocycles. The number of benzene rings is 1. The smallest absolute Gasteiger partial charge is 0.264 e. The lowest BCUT2D eigenvalue weighted by Gasteiger charge is -2.27. The number of carbonyl (C=O) groups is 1. The van der Waals surface area contributed by atoms with Crippen LogP contribution in [0.2, 0.25) is 0 Å². The van der Waals surface area contributed by atoms with Gasteiger partial charge in [-0.25, -0.2) is 23.1 Å². The van der Waals surface area contributed by atoms with E-state index in [-0.39, 0.29) is 10.8 Å². The summed E-state index contributed by atoms with van der Waals surface area (Å²) < 4.78 is 40.3. The van der Waals surface area contributed by atoms with Crippen molar-refractivity contribution in [1.82, 2.24) is 14.7 Å². The summed E-state index contributed by atoms with van der Waals surface area (Å²) in [5.41, 5.74) is 1.26. The first-order valence-corrected chi connectivity index (χ1v) is 13.9. The van der Waals surface area contributed by atoms with Gasteiger partial charge < -0.3 is 9.47 Å². The fourth-order valence-electron chi connectivity index (χ4n) is 4.61. The molecule has 0 spiro atoms. The molecule has 0 atom stereocenters. The lowest BCUT2D eigenvalue weighted by Crippen LogP contribution is -2.39. The second-order valence-electron chi connectivity index (χ2n) is 10.1. The number of methoxy groups -OCH3 is 1. The van der Waals surface area contributed by atoms with Crippen molar-refractivity contribution < 1.29 is 22.7 Å². The predicted octanol–water partition coefficient (Wildman–Crippen LogP) is 4.48. The first-order chi connectivity index (χ1) is 17.2. The number of fused-ring (bicyclic) bond motifs is 1. The summed E-state index contributed by atoms with van der Waals surface area (Å²) in [6, 6.07) is 10.0. The maximum Gasteiger partial charge on any atom is 0.264 e. The fourth-order valence-corrected chi connectivity index (χ4v) is 5.88. The third-order valence-corrected chi connectivity index (χ3v) is 8.48. The Labute approximate surface area is 211 Å². The Hall–Kier alpha value is -3.20. The van der Waals surface area contributed by atoms with Crippen molar-refractivity contribution >= 4 is 26.8 Å². The average molecular weight is 510 g/mol. The number of nitrogens with zero attached hydrogens (tertiary/aromatic N) is 2. The summed E-state index contributed by atoms with van der Waals surface area (Å²) in [6.07, 6.45) is 6.29. The third kappa shape index (κ3) is 4.52. The van der Waals surface area contributed by atoms with Gasteiger partial charge in [0.25, 0.3) is 10.0 Å². The zero-order valence-electron chi connectivity index (χ0n) is 20.8. The molecule has 190 valence electrons. The summed E-state index contributed by atoms with van der Waals surface area (Å²) in [4.78, 5) is 22.5. The first kappa shape index (κ1) is 24.5. The van der Waals surface area contributed by atoms with E-state index in [0.717, 1.165) is 18.4 Å². The Balaban J connectivity index is 1.47. The molecule has 0 bridgehead atoms. The van der Waals surface area contributed by atoms with Gasteiger partial charge >= 0.3 is 0 Å². The van der Waals surface area contributed by atoms with Crippen LogP contribution in [0.15, 0.2) is 47.5 Å². The minimum atomic E-state index is -4.16. The molecular formula is C27H31N3O5S. The second-order valence-corrected chi connectivity index (χ2v) is 11.8. The highest BCUT2D eigenvalue weighted by Crippen LogP contribution is 2.52. The number of nitrogens with one attached hydrogen (secondary N) is 1. The SMILES string of the molecule is COc1ccc2c(S(=O)(=O)NC(=O)C3(c4cc(C5CCC5)cnc4OCC(C)C)CC3)cccc2n1. The molecule has 8 nitrogen and oxygen atoms in total. The predicted molar refractivity (Wildman–Crippen MR) is 136 cm³/mol. The van der Waals surface area contributed by atoms with Crippen LogP contribution in [0.5, 0.6) is 11.8 Å². The van der Waals surface area contributed by atoms with Crippen LogP contribution in [0.4, 0.5) is 0 Å². The van der Waals surface area contributed by atoms with Crippen molar-refractivity contribution in [2.75, 3.05) is 13.7 Å². The zero-order chi connectivity index (χ0) is 25.5. The number of aromatic nitrogens is 2. The first-order valence-electron chi connectivity index (χ1n) is 12.4. The quantitative estimate of drug-likeness (QED) is 0.453. The molecule has 9 heteroatoms. The molecule has 2 aromatic heterocycles. The van der Waals surface area contributed by atoms with Gasteiger partial charge in [-0.05, 0) is 67.3 Å². The van der Waals surface area contributed by atoms with Crippen LogP contribution >= 0.6 is 0 Å². The number of carbonyl (C=O) groups excluding carboxylic acids is 1. The van der Waals surface area contributed by atoms with Crippen LogP contribution in [0.3, 0.4) is 0 Å². The zero-order valence-corrected chi connectivity index (χ0v) is 21.6. The highest BCUT2D eigenvalue weighted by molar-refractivity contribution is 7.90. The summed E-state index contributed by atoms with van der Waals surface area (Å²) >= 11 is 0. The van der Waals surface area contributed by atoms with E-state index in [9.17, 15) is 13.2 Å². The molecule has 3 aromatic rings. The van der Waals surface area contributed by atoms with E-state index in [1.54, 1.807) is 24.3 Å². The van der Waals surface area contributed by atoms with E-state index in [4.69, 9.17) is 9.47 Å². The molecule has 2 aliphatic carbocycles. The lowest BCUT2D eigenvalue weighted by atomic mass is 9.79. The number of amides is 1. The van der Waals surface area contributed by atoms with E-state index >= 15 is 0 Å². The minimum absolute atomic E-state index is 0.00284. The van der Waals surface area contributed by atoms with Gasteiger partial charge in [0.05, 0.1) is 29.5 Å².